The fourth-order valence-electron chi connectivity index (χ4n) is 4.90. The van der Waals surface area contributed by atoms with Gasteiger partial charge >= 0.3 is 0 Å². The molecular weight excluding hydrogens is 445 g/mol. The number of hydrogen-bond acceptors (Lipinski definition) is 6. The van der Waals surface area contributed by atoms with E-state index in [1.807, 2.05) is 17.0 Å². The number of benzene rings is 2. The standard InChI is InChI=1S/C28H30FN3O3/c1-28(2)14-23-26(24(33)15-28)25(22(16-30)27(31)32(23)11-12-34-3)19-7-9-21(10-8-19)35-17-18-5-4-6-20(29)13-18/h4-10,13,25H,11-12,14-15,17,31H2,1-3H3/t25-/m0/s1. The second-order valence-electron chi connectivity index (χ2n) is 9.78. The third-order valence-electron chi connectivity index (χ3n) is 6.51. The molecule has 7 heteroatoms. The molecule has 1 aliphatic heterocycles. The number of nitrogens with two attached hydrogens (primary N) is 1. The van der Waals surface area contributed by atoms with E-state index in [4.69, 9.17) is 15.2 Å². The fourth-order valence-corrected chi connectivity index (χ4v) is 4.90. The molecule has 1 aliphatic carbocycles. The largest absolute Gasteiger partial charge is 0.489 e. The Morgan fingerprint density at radius 3 is 2.60 bits per heavy atom. The molecule has 0 saturated heterocycles. The van der Waals surface area contributed by atoms with Gasteiger partial charge in [-0.05, 0) is 47.2 Å². The molecule has 1 atom stereocenters. The van der Waals surface area contributed by atoms with Crippen molar-refractivity contribution in [2.75, 3.05) is 20.3 Å². The predicted molar refractivity (Wildman–Crippen MR) is 130 cm³/mol. The van der Waals surface area contributed by atoms with Crippen molar-refractivity contribution in [2.24, 2.45) is 11.1 Å². The van der Waals surface area contributed by atoms with E-state index in [0.29, 0.717) is 48.7 Å². The third-order valence-corrected chi connectivity index (χ3v) is 6.51. The minimum absolute atomic E-state index is 0.0374. The zero-order chi connectivity index (χ0) is 25.2. The molecule has 0 saturated carbocycles. The number of halogens is 1. The van der Waals surface area contributed by atoms with Gasteiger partial charge in [-0.1, -0.05) is 38.1 Å². The first-order valence-electron chi connectivity index (χ1n) is 11.6. The highest BCUT2D eigenvalue weighted by atomic mass is 19.1. The number of hydrogen-bond donors (Lipinski definition) is 1. The molecule has 0 radical (unpaired) electrons. The smallest absolute Gasteiger partial charge is 0.162 e. The number of carbonyl (C=O) groups is 1. The van der Waals surface area contributed by atoms with Crippen molar-refractivity contribution in [3.05, 3.63) is 88.1 Å². The highest BCUT2D eigenvalue weighted by Gasteiger charge is 2.44. The molecule has 1 heterocycles. The van der Waals surface area contributed by atoms with E-state index >= 15 is 0 Å². The summed E-state index contributed by atoms with van der Waals surface area (Å²) in [6.07, 6.45) is 1.09. The zero-order valence-corrected chi connectivity index (χ0v) is 20.3. The molecule has 0 aromatic heterocycles. The Bertz CT molecular complexity index is 1220. The highest BCUT2D eigenvalue weighted by molar-refractivity contribution is 6.00. The Morgan fingerprint density at radius 1 is 1.20 bits per heavy atom. The van der Waals surface area contributed by atoms with E-state index < -0.39 is 5.92 Å². The SMILES string of the molecule is COCCN1C(N)=C(C#N)[C@H](c2ccc(OCc3cccc(F)c3)cc2)C2=C1CC(C)(C)CC2=O. The lowest BCUT2D eigenvalue weighted by atomic mass is 9.68. The monoisotopic (exact) mass is 475 g/mol. The average molecular weight is 476 g/mol. The number of nitriles is 1. The van der Waals surface area contributed by atoms with Crippen LogP contribution in [-0.2, 0) is 16.1 Å². The molecule has 6 nitrogen and oxygen atoms in total. The first kappa shape index (κ1) is 24.5. The molecule has 0 unspecified atom stereocenters. The summed E-state index contributed by atoms with van der Waals surface area (Å²) in [5.74, 6) is 0.169. The van der Waals surface area contributed by atoms with Gasteiger partial charge < -0.3 is 20.1 Å². The van der Waals surface area contributed by atoms with Crippen LogP contribution in [0.5, 0.6) is 5.75 Å². The van der Waals surface area contributed by atoms with E-state index in [9.17, 15) is 14.4 Å². The van der Waals surface area contributed by atoms with Crippen LogP contribution in [0.2, 0.25) is 0 Å². The molecule has 0 amide bonds. The number of methoxy groups -OCH3 is 1. The Kier molecular flexibility index (Phi) is 6.95. The minimum atomic E-state index is -0.533. The van der Waals surface area contributed by atoms with Gasteiger partial charge in [0.2, 0.25) is 0 Å². The molecule has 2 aromatic rings. The van der Waals surface area contributed by atoms with Crippen molar-refractivity contribution in [1.29, 1.82) is 5.26 Å². The first-order chi connectivity index (χ1) is 16.7. The number of rotatable bonds is 7. The molecule has 4 rings (SSSR count). The van der Waals surface area contributed by atoms with Gasteiger partial charge in [0.05, 0.1) is 24.2 Å². The van der Waals surface area contributed by atoms with E-state index in [2.05, 4.69) is 19.9 Å². The lowest BCUT2D eigenvalue weighted by Gasteiger charge is -2.43. The van der Waals surface area contributed by atoms with E-state index in [0.717, 1.165) is 16.8 Å². The van der Waals surface area contributed by atoms with Crippen molar-refractivity contribution in [3.8, 4) is 11.8 Å². The molecule has 0 spiro atoms. The van der Waals surface area contributed by atoms with Gasteiger partial charge in [-0.15, -0.1) is 0 Å². The van der Waals surface area contributed by atoms with E-state index in [1.165, 1.54) is 12.1 Å². The van der Waals surface area contributed by atoms with Crippen molar-refractivity contribution < 1.29 is 18.7 Å². The normalized spacial score (nSPS) is 19.5. The van der Waals surface area contributed by atoms with Crippen LogP contribution in [0.25, 0.3) is 0 Å². The summed E-state index contributed by atoms with van der Waals surface area (Å²) in [5, 5.41) is 10.1. The number of ether oxygens (including phenoxy) is 2. The van der Waals surface area contributed by atoms with Crippen LogP contribution in [0.3, 0.4) is 0 Å². The maximum absolute atomic E-state index is 13.4. The van der Waals surface area contributed by atoms with Crippen LogP contribution in [0, 0.1) is 22.6 Å². The first-order valence-corrected chi connectivity index (χ1v) is 11.6. The lowest BCUT2D eigenvalue weighted by Crippen LogP contribution is -2.43. The summed E-state index contributed by atoms with van der Waals surface area (Å²) in [5.41, 5.74) is 9.72. The quantitative estimate of drug-likeness (QED) is 0.620. The highest BCUT2D eigenvalue weighted by Crippen LogP contribution is 2.49. The summed E-state index contributed by atoms with van der Waals surface area (Å²) < 4.78 is 24.5. The Morgan fingerprint density at radius 2 is 1.94 bits per heavy atom. The van der Waals surface area contributed by atoms with Gasteiger partial charge in [0.1, 0.15) is 24.0 Å². The fraction of sp³-hybridized carbons (Fsp3) is 0.357. The summed E-state index contributed by atoms with van der Waals surface area (Å²) in [6.45, 7) is 5.27. The lowest BCUT2D eigenvalue weighted by molar-refractivity contribution is -0.118. The van der Waals surface area contributed by atoms with Gasteiger partial charge in [-0.3, -0.25) is 4.79 Å². The summed E-state index contributed by atoms with van der Waals surface area (Å²) in [6, 6.07) is 15.9. The Balaban J connectivity index is 1.67. The van der Waals surface area contributed by atoms with Gasteiger partial charge in [0, 0.05) is 31.3 Å². The molecular formula is C28H30FN3O3. The molecule has 2 aliphatic rings. The number of carbonyl (C=O) groups excluding carboxylic acids is 1. The van der Waals surface area contributed by atoms with Crippen molar-refractivity contribution in [3.63, 3.8) is 0 Å². The maximum atomic E-state index is 13.4. The van der Waals surface area contributed by atoms with Gasteiger partial charge in [0.15, 0.2) is 5.78 Å². The average Bonchev–Trinajstić information content (AvgIpc) is 2.81. The van der Waals surface area contributed by atoms with Crippen LogP contribution in [0.1, 0.15) is 43.7 Å². The van der Waals surface area contributed by atoms with Crippen LogP contribution in [-0.4, -0.2) is 30.9 Å². The van der Waals surface area contributed by atoms with Crippen LogP contribution in [0.4, 0.5) is 4.39 Å². The molecule has 2 aromatic carbocycles. The molecule has 0 fully saturated rings. The number of Topliss-reactive ketones (excluding diaryl/α,β-unsaturated/α-hetero) is 1. The second kappa shape index (κ2) is 9.93. The second-order valence-corrected chi connectivity index (χ2v) is 9.78. The molecule has 35 heavy (non-hydrogen) atoms. The molecule has 182 valence electrons. The number of ketones is 1. The van der Waals surface area contributed by atoms with Gasteiger partial charge in [-0.25, -0.2) is 4.39 Å². The van der Waals surface area contributed by atoms with E-state index in [-0.39, 0.29) is 23.6 Å². The minimum Gasteiger partial charge on any atom is -0.489 e. The number of allylic oxidation sites excluding steroid dienone is 3. The number of nitrogens with zero attached hydrogens (tertiary/aromatic N) is 2. The molecule has 2 N–H and O–H groups in total. The van der Waals surface area contributed by atoms with Crippen LogP contribution in [0.15, 0.2) is 71.2 Å². The zero-order valence-electron chi connectivity index (χ0n) is 20.3. The van der Waals surface area contributed by atoms with E-state index in [1.54, 1.807) is 31.4 Å². The predicted octanol–water partition coefficient (Wildman–Crippen LogP) is 4.79. The van der Waals surface area contributed by atoms with Crippen molar-refractivity contribution in [2.45, 2.75) is 39.2 Å². The van der Waals surface area contributed by atoms with Crippen LogP contribution >= 0.6 is 0 Å². The maximum Gasteiger partial charge on any atom is 0.162 e. The van der Waals surface area contributed by atoms with Crippen LogP contribution < -0.4 is 10.5 Å². The summed E-state index contributed by atoms with van der Waals surface area (Å²) in [7, 11) is 1.61. The van der Waals surface area contributed by atoms with Gasteiger partial charge in [0.25, 0.3) is 0 Å². The van der Waals surface area contributed by atoms with Crippen molar-refractivity contribution in [1.82, 2.24) is 4.90 Å². The summed E-state index contributed by atoms with van der Waals surface area (Å²) in [4.78, 5) is 15.3. The Labute approximate surface area is 205 Å². The van der Waals surface area contributed by atoms with Gasteiger partial charge in [-0.2, -0.15) is 5.26 Å². The third kappa shape index (κ3) is 5.08. The topological polar surface area (TPSA) is 88.6 Å². The Hall–Kier alpha value is -3.63. The summed E-state index contributed by atoms with van der Waals surface area (Å²) >= 11 is 0. The van der Waals surface area contributed by atoms with Crippen molar-refractivity contribution >= 4 is 5.78 Å². The molecule has 0 bridgehead atoms.